The highest BCUT2D eigenvalue weighted by Crippen LogP contribution is 2.29. The lowest BCUT2D eigenvalue weighted by Crippen LogP contribution is -2.19. The van der Waals surface area contributed by atoms with Crippen LogP contribution in [0.1, 0.15) is 9.67 Å². The van der Waals surface area contributed by atoms with E-state index in [1.807, 2.05) is 48.5 Å². The predicted octanol–water partition coefficient (Wildman–Crippen LogP) is 4.70. The fraction of sp³-hybridized carbons (Fsp3) is 0.0556. The Balaban J connectivity index is 2.06. The first-order valence-electron chi connectivity index (χ1n) is 7.63. The van der Waals surface area contributed by atoms with Crippen molar-refractivity contribution in [2.75, 3.05) is 16.5 Å². The van der Waals surface area contributed by atoms with E-state index < -0.39 is 5.91 Å². The van der Waals surface area contributed by atoms with Crippen LogP contribution in [0.2, 0.25) is 0 Å². The molecule has 0 unspecified atom stereocenters. The summed E-state index contributed by atoms with van der Waals surface area (Å²) in [7, 11) is 0. The summed E-state index contributed by atoms with van der Waals surface area (Å²) in [6.45, 7) is 0. The van der Waals surface area contributed by atoms with E-state index in [4.69, 9.17) is 23.8 Å². The number of rotatable bonds is 5. The number of hydrogen-bond donors (Lipinski definition) is 2. The molecule has 0 aliphatic heterocycles. The maximum Gasteiger partial charge on any atom is 0.269 e. The van der Waals surface area contributed by atoms with Gasteiger partial charge in [-0.15, -0.1) is 11.6 Å². The second-order valence-corrected chi connectivity index (χ2v) is 7.13. The summed E-state index contributed by atoms with van der Waals surface area (Å²) in [6.07, 6.45) is 0. The van der Waals surface area contributed by atoms with Gasteiger partial charge in [-0.05, 0) is 36.5 Å². The zero-order chi connectivity index (χ0) is 18.5. The van der Waals surface area contributed by atoms with Gasteiger partial charge in [-0.1, -0.05) is 47.7 Å². The van der Waals surface area contributed by atoms with Crippen molar-refractivity contribution >= 4 is 58.5 Å². The van der Waals surface area contributed by atoms with E-state index >= 15 is 0 Å². The van der Waals surface area contributed by atoms with Gasteiger partial charge in [0.15, 0.2) is 3.95 Å². The van der Waals surface area contributed by atoms with Crippen LogP contribution in [0, 0.1) is 3.95 Å². The zero-order valence-corrected chi connectivity index (χ0v) is 15.8. The van der Waals surface area contributed by atoms with Crippen molar-refractivity contribution in [3.05, 3.63) is 69.5 Å². The van der Waals surface area contributed by atoms with Gasteiger partial charge >= 0.3 is 0 Å². The van der Waals surface area contributed by atoms with Gasteiger partial charge in [-0.25, -0.2) is 0 Å². The molecule has 1 aromatic heterocycles. The lowest BCUT2D eigenvalue weighted by Gasteiger charge is -2.11. The quantitative estimate of drug-likeness (QED) is 0.479. The summed E-state index contributed by atoms with van der Waals surface area (Å²) >= 11 is 12.2. The number of nitrogens with one attached hydrogen (secondary N) is 2. The Hall–Kier alpha value is -2.48. The minimum absolute atomic E-state index is 0.225. The minimum Gasteiger partial charge on any atom is -0.321 e. The number of nitrogens with zero attached hydrogens (tertiary/aromatic N) is 1. The van der Waals surface area contributed by atoms with Gasteiger partial charge < -0.3 is 10.6 Å². The standard InChI is InChI=1S/C18H14ClN3O2S2/c19-11-14(23)21-16-15(17(24)20-12-7-3-1-4-8-12)26-18(25)22(16)13-9-5-2-6-10-13/h1-10H,11H2,(H,20,24)(H,21,23). The Morgan fingerprint density at radius 2 is 1.62 bits per heavy atom. The molecule has 2 N–H and O–H groups in total. The summed E-state index contributed by atoms with van der Waals surface area (Å²) in [5.74, 6) is -0.688. The van der Waals surface area contributed by atoms with Gasteiger partial charge in [0.25, 0.3) is 5.91 Å². The van der Waals surface area contributed by atoms with Crippen molar-refractivity contribution in [1.29, 1.82) is 0 Å². The minimum atomic E-state index is -0.419. The average molecular weight is 404 g/mol. The van der Waals surface area contributed by atoms with Crippen LogP contribution in [0.25, 0.3) is 5.69 Å². The Kier molecular flexibility index (Phi) is 5.82. The highest BCUT2D eigenvalue weighted by Gasteiger charge is 2.22. The largest absolute Gasteiger partial charge is 0.321 e. The first-order chi connectivity index (χ1) is 12.6. The number of carbonyl (C=O) groups is 2. The summed E-state index contributed by atoms with van der Waals surface area (Å²) in [5, 5.41) is 5.50. The second kappa shape index (κ2) is 8.27. The van der Waals surface area contributed by atoms with Gasteiger partial charge in [0, 0.05) is 11.4 Å². The molecule has 3 rings (SSSR count). The first kappa shape index (κ1) is 18.3. The second-order valence-electron chi connectivity index (χ2n) is 5.22. The van der Waals surface area contributed by atoms with Crippen molar-refractivity contribution in [2.45, 2.75) is 0 Å². The molecule has 3 aromatic rings. The van der Waals surface area contributed by atoms with Gasteiger partial charge in [-0.3, -0.25) is 14.2 Å². The summed E-state index contributed by atoms with van der Waals surface area (Å²) in [6, 6.07) is 18.3. The molecule has 1 heterocycles. The molecule has 0 fully saturated rings. The van der Waals surface area contributed by atoms with E-state index in [1.165, 1.54) is 0 Å². The summed E-state index contributed by atoms with van der Waals surface area (Å²) in [5.41, 5.74) is 1.40. The molecule has 0 aliphatic rings. The molecule has 0 radical (unpaired) electrons. The Morgan fingerprint density at radius 1 is 1.00 bits per heavy atom. The molecule has 0 bridgehead atoms. The molecule has 0 saturated heterocycles. The highest BCUT2D eigenvalue weighted by molar-refractivity contribution is 7.73. The van der Waals surface area contributed by atoms with Crippen LogP contribution >= 0.6 is 35.2 Å². The number of carbonyl (C=O) groups excluding carboxylic acids is 2. The third-order valence-electron chi connectivity index (χ3n) is 3.44. The lowest BCUT2D eigenvalue weighted by atomic mass is 10.3. The Morgan fingerprint density at radius 3 is 2.23 bits per heavy atom. The van der Waals surface area contributed by atoms with Crippen LogP contribution < -0.4 is 10.6 Å². The van der Waals surface area contributed by atoms with Crippen molar-refractivity contribution < 1.29 is 9.59 Å². The normalized spacial score (nSPS) is 10.3. The topological polar surface area (TPSA) is 63.1 Å². The molecule has 8 heteroatoms. The Labute approximate surface area is 164 Å². The van der Waals surface area contributed by atoms with Crippen LogP contribution in [0.4, 0.5) is 11.5 Å². The van der Waals surface area contributed by atoms with Crippen LogP contribution in [0.5, 0.6) is 0 Å². The first-order valence-corrected chi connectivity index (χ1v) is 9.39. The SMILES string of the molecule is O=C(CCl)Nc1c(C(=O)Nc2ccccc2)sc(=S)n1-c1ccccc1. The number of aromatic nitrogens is 1. The number of para-hydroxylation sites is 2. The van der Waals surface area contributed by atoms with Crippen LogP contribution in [-0.2, 0) is 4.79 Å². The monoisotopic (exact) mass is 403 g/mol. The number of thiazole rings is 1. The zero-order valence-electron chi connectivity index (χ0n) is 13.4. The van der Waals surface area contributed by atoms with Gasteiger partial charge in [0.1, 0.15) is 16.6 Å². The van der Waals surface area contributed by atoms with Crippen LogP contribution in [0.15, 0.2) is 60.7 Å². The third-order valence-corrected chi connectivity index (χ3v) is 5.06. The third kappa shape index (κ3) is 4.01. The molecule has 0 aliphatic carbocycles. The van der Waals surface area contributed by atoms with E-state index in [0.717, 1.165) is 17.0 Å². The van der Waals surface area contributed by atoms with Crippen molar-refractivity contribution in [3.8, 4) is 5.69 Å². The molecule has 5 nitrogen and oxygen atoms in total. The lowest BCUT2D eigenvalue weighted by molar-refractivity contribution is -0.113. The molecule has 0 saturated carbocycles. The van der Waals surface area contributed by atoms with Crippen molar-refractivity contribution in [2.24, 2.45) is 0 Å². The maximum absolute atomic E-state index is 12.8. The van der Waals surface area contributed by atoms with E-state index in [-0.39, 0.29) is 11.8 Å². The molecule has 0 atom stereocenters. The van der Waals surface area contributed by atoms with Crippen molar-refractivity contribution in [3.63, 3.8) is 0 Å². The van der Waals surface area contributed by atoms with E-state index in [9.17, 15) is 9.59 Å². The molecular weight excluding hydrogens is 390 g/mol. The number of benzene rings is 2. The number of amides is 2. The maximum atomic E-state index is 12.8. The highest BCUT2D eigenvalue weighted by atomic mass is 35.5. The molecule has 26 heavy (non-hydrogen) atoms. The average Bonchev–Trinajstić information content (AvgIpc) is 2.99. The number of hydrogen-bond acceptors (Lipinski definition) is 4. The smallest absolute Gasteiger partial charge is 0.269 e. The van der Waals surface area contributed by atoms with E-state index in [0.29, 0.717) is 20.3 Å². The van der Waals surface area contributed by atoms with E-state index in [1.54, 1.807) is 16.7 Å². The van der Waals surface area contributed by atoms with Gasteiger partial charge in [0.2, 0.25) is 5.91 Å². The molecule has 2 amide bonds. The van der Waals surface area contributed by atoms with Gasteiger partial charge in [0.05, 0.1) is 0 Å². The fourth-order valence-corrected chi connectivity index (χ4v) is 3.69. The van der Waals surface area contributed by atoms with E-state index in [2.05, 4.69) is 10.6 Å². The van der Waals surface area contributed by atoms with Crippen LogP contribution in [-0.4, -0.2) is 22.3 Å². The molecular formula is C18H14ClN3O2S2. The summed E-state index contributed by atoms with van der Waals surface area (Å²) in [4.78, 5) is 25.0. The van der Waals surface area contributed by atoms with Crippen molar-refractivity contribution in [1.82, 2.24) is 4.57 Å². The van der Waals surface area contributed by atoms with Crippen LogP contribution in [0.3, 0.4) is 0 Å². The molecule has 2 aromatic carbocycles. The molecule has 0 spiro atoms. The number of halogens is 1. The number of anilines is 2. The fourth-order valence-electron chi connectivity index (χ4n) is 2.33. The predicted molar refractivity (Wildman–Crippen MR) is 108 cm³/mol. The number of alkyl halides is 1. The Bertz CT molecular complexity index is 985. The summed E-state index contributed by atoms with van der Waals surface area (Å²) < 4.78 is 2.10. The molecule has 132 valence electrons. The van der Waals surface area contributed by atoms with Gasteiger partial charge in [-0.2, -0.15) is 0 Å².